The number of aryl methyl sites for hydroxylation is 1. The van der Waals surface area contributed by atoms with Crippen LogP contribution in [-0.2, 0) is 10.6 Å². The van der Waals surface area contributed by atoms with Crippen LogP contribution in [0.5, 0.6) is 5.75 Å². The van der Waals surface area contributed by atoms with Crippen molar-refractivity contribution in [2.24, 2.45) is 0 Å². The SMILES string of the molecule is Cc1ccc(OCCOCC(F)(F)F)c(CCl)c1. The fourth-order valence-electron chi connectivity index (χ4n) is 1.35. The van der Waals surface area contributed by atoms with Crippen molar-refractivity contribution in [2.75, 3.05) is 19.8 Å². The topological polar surface area (TPSA) is 18.5 Å². The van der Waals surface area contributed by atoms with Gasteiger partial charge in [0.25, 0.3) is 0 Å². The predicted octanol–water partition coefficient (Wildman–Crippen LogP) is 3.69. The molecule has 6 heteroatoms. The normalized spacial score (nSPS) is 11.6. The zero-order chi connectivity index (χ0) is 13.6. The number of halogens is 4. The van der Waals surface area contributed by atoms with E-state index in [1.165, 1.54) is 0 Å². The van der Waals surface area contributed by atoms with E-state index in [1.807, 2.05) is 19.1 Å². The van der Waals surface area contributed by atoms with Crippen molar-refractivity contribution in [1.82, 2.24) is 0 Å². The summed E-state index contributed by atoms with van der Waals surface area (Å²) in [5.41, 5.74) is 1.86. The van der Waals surface area contributed by atoms with Gasteiger partial charge in [-0.15, -0.1) is 11.6 Å². The second-order valence-corrected chi connectivity index (χ2v) is 4.03. The Morgan fingerprint density at radius 3 is 2.56 bits per heavy atom. The number of hydrogen-bond donors (Lipinski definition) is 0. The van der Waals surface area contributed by atoms with Crippen LogP contribution < -0.4 is 4.74 Å². The minimum Gasteiger partial charge on any atom is -0.491 e. The van der Waals surface area contributed by atoms with Crippen LogP contribution in [0.15, 0.2) is 18.2 Å². The summed E-state index contributed by atoms with van der Waals surface area (Å²) in [7, 11) is 0. The van der Waals surface area contributed by atoms with Gasteiger partial charge in [-0.2, -0.15) is 13.2 Å². The van der Waals surface area contributed by atoms with Crippen LogP contribution in [0.2, 0.25) is 0 Å². The highest BCUT2D eigenvalue weighted by molar-refractivity contribution is 6.17. The molecule has 0 fully saturated rings. The molecule has 0 saturated carbocycles. The van der Waals surface area contributed by atoms with E-state index >= 15 is 0 Å². The van der Waals surface area contributed by atoms with Crippen molar-refractivity contribution >= 4 is 11.6 Å². The quantitative estimate of drug-likeness (QED) is 0.585. The Hall–Kier alpha value is -0.940. The fourth-order valence-corrected chi connectivity index (χ4v) is 1.56. The lowest BCUT2D eigenvalue weighted by Crippen LogP contribution is -2.19. The number of benzene rings is 1. The smallest absolute Gasteiger partial charge is 0.411 e. The summed E-state index contributed by atoms with van der Waals surface area (Å²) in [6.07, 6.45) is -4.30. The molecule has 0 amide bonds. The van der Waals surface area contributed by atoms with Crippen molar-refractivity contribution in [3.8, 4) is 5.75 Å². The van der Waals surface area contributed by atoms with Gasteiger partial charge in [0.05, 0.1) is 12.5 Å². The lowest BCUT2D eigenvalue weighted by Gasteiger charge is -2.11. The molecule has 0 unspecified atom stereocenters. The summed E-state index contributed by atoms with van der Waals surface area (Å²) in [6.45, 7) is 0.608. The van der Waals surface area contributed by atoms with Crippen LogP contribution in [0.3, 0.4) is 0 Å². The average Bonchev–Trinajstić information content (AvgIpc) is 2.28. The first-order valence-corrected chi connectivity index (χ1v) is 5.88. The van der Waals surface area contributed by atoms with E-state index in [0.717, 1.165) is 11.1 Å². The van der Waals surface area contributed by atoms with E-state index < -0.39 is 12.8 Å². The largest absolute Gasteiger partial charge is 0.491 e. The third-order valence-corrected chi connectivity index (χ3v) is 2.40. The summed E-state index contributed by atoms with van der Waals surface area (Å²) < 4.78 is 45.1. The van der Waals surface area contributed by atoms with Gasteiger partial charge >= 0.3 is 6.18 Å². The van der Waals surface area contributed by atoms with Gasteiger partial charge in [-0.1, -0.05) is 17.7 Å². The first-order chi connectivity index (χ1) is 8.42. The van der Waals surface area contributed by atoms with Gasteiger partial charge in [-0.25, -0.2) is 0 Å². The third-order valence-electron chi connectivity index (χ3n) is 2.11. The molecule has 0 heterocycles. The molecule has 0 radical (unpaired) electrons. The summed E-state index contributed by atoms with van der Waals surface area (Å²) in [4.78, 5) is 0. The molecule has 1 rings (SSSR count). The molecule has 18 heavy (non-hydrogen) atoms. The van der Waals surface area contributed by atoms with Gasteiger partial charge in [0.15, 0.2) is 0 Å². The van der Waals surface area contributed by atoms with Crippen molar-refractivity contribution in [2.45, 2.75) is 19.0 Å². The van der Waals surface area contributed by atoms with E-state index in [9.17, 15) is 13.2 Å². The second-order valence-electron chi connectivity index (χ2n) is 3.76. The molecule has 0 atom stereocenters. The molecule has 2 nitrogen and oxygen atoms in total. The average molecular weight is 283 g/mol. The molecule has 1 aromatic rings. The molecular weight excluding hydrogens is 269 g/mol. The Bertz CT molecular complexity index is 380. The van der Waals surface area contributed by atoms with Gasteiger partial charge in [0, 0.05) is 5.56 Å². The molecule has 102 valence electrons. The van der Waals surface area contributed by atoms with Crippen molar-refractivity contribution in [3.05, 3.63) is 29.3 Å². The highest BCUT2D eigenvalue weighted by Gasteiger charge is 2.27. The summed E-state index contributed by atoms with van der Waals surface area (Å²) >= 11 is 5.74. The van der Waals surface area contributed by atoms with E-state index in [4.69, 9.17) is 16.3 Å². The van der Waals surface area contributed by atoms with Crippen molar-refractivity contribution in [3.63, 3.8) is 0 Å². The second kappa shape index (κ2) is 6.85. The monoisotopic (exact) mass is 282 g/mol. The minimum absolute atomic E-state index is 0.0586. The van der Waals surface area contributed by atoms with Crippen LogP contribution in [-0.4, -0.2) is 26.0 Å². The van der Waals surface area contributed by atoms with E-state index in [-0.39, 0.29) is 13.2 Å². The number of ether oxygens (including phenoxy) is 2. The Kier molecular flexibility index (Phi) is 5.75. The highest BCUT2D eigenvalue weighted by atomic mass is 35.5. The Labute approximate surface area is 109 Å². The molecule has 0 saturated heterocycles. The molecular formula is C12H14ClF3O2. The standard InChI is InChI=1S/C12H14ClF3O2/c1-9-2-3-11(10(6-9)7-13)18-5-4-17-8-12(14,15)16/h2-3,6H,4-5,7-8H2,1H3. The van der Waals surface area contributed by atoms with E-state index in [0.29, 0.717) is 11.6 Å². The molecule has 0 aliphatic carbocycles. The van der Waals surface area contributed by atoms with Crippen LogP contribution in [0.1, 0.15) is 11.1 Å². The fraction of sp³-hybridized carbons (Fsp3) is 0.500. The Balaban J connectivity index is 2.35. The van der Waals surface area contributed by atoms with Crippen molar-refractivity contribution in [1.29, 1.82) is 0 Å². The number of hydrogen-bond acceptors (Lipinski definition) is 2. The molecule has 0 bridgehead atoms. The highest BCUT2D eigenvalue weighted by Crippen LogP contribution is 2.21. The third kappa shape index (κ3) is 5.60. The van der Waals surface area contributed by atoms with Gasteiger partial charge in [-0.05, 0) is 13.0 Å². The Morgan fingerprint density at radius 2 is 1.94 bits per heavy atom. The van der Waals surface area contributed by atoms with Crippen LogP contribution >= 0.6 is 11.6 Å². The van der Waals surface area contributed by atoms with E-state index in [2.05, 4.69) is 4.74 Å². The molecule has 1 aromatic carbocycles. The maximum absolute atomic E-state index is 11.8. The van der Waals surface area contributed by atoms with Crippen molar-refractivity contribution < 1.29 is 22.6 Å². The maximum atomic E-state index is 11.8. The Morgan fingerprint density at radius 1 is 1.22 bits per heavy atom. The lowest BCUT2D eigenvalue weighted by atomic mass is 10.1. The number of rotatable bonds is 6. The minimum atomic E-state index is -4.30. The molecule has 0 aliphatic heterocycles. The maximum Gasteiger partial charge on any atom is 0.411 e. The van der Waals surface area contributed by atoms with Crippen LogP contribution in [0, 0.1) is 6.92 Å². The zero-order valence-electron chi connectivity index (χ0n) is 9.89. The summed E-state index contributed by atoms with van der Waals surface area (Å²) in [6, 6.07) is 5.47. The molecule has 0 N–H and O–H groups in total. The molecule has 0 spiro atoms. The van der Waals surface area contributed by atoms with Gasteiger partial charge < -0.3 is 9.47 Å². The molecule has 0 aliphatic rings. The predicted molar refractivity (Wildman–Crippen MR) is 63.1 cm³/mol. The van der Waals surface area contributed by atoms with E-state index in [1.54, 1.807) is 6.07 Å². The summed E-state index contributed by atoms with van der Waals surface area (Å²) in [5.74, 6) is 0.867. The van der Waals surface area contributed by atoms with Gasteiger partial charge in [-0.3, -0.25) is 0 Å². The lowest BCUT2D eigenvalue weighted by molar-refractivity contribution is -0.175. The number of alkyl halides is 4. The van der Waals surface area contributed by atoms with Gasteiger partial charge in [0.2, 0.25) is 0 Å². The zero-order valence-corrected chi connectivity index (χ0v) is 10.6. The van der Waals surface area contributed by atoms with Crippen LogP contribution in [0.4, 0.5) is 13.2 Å². The first-order valence-electron chi connectivity index (χ1n) is 5.35. The summed E-state index contributed by atoms with van der Waals surface area (Å²) in [5, 5.41) is 0. The van der Waals surface area contributed by atoms with Gasteiger partial charge in [0.1, 0.15) is 19.0 Å². The molecule has 0 aromatic heterocycles. The van der Waals surface area contributed by atoms with Crippen LogP contribution in [0.25, 0.3) is 0 Å². The first kappa shape index (κ1) is 15.1.